The van der Waals surface area contributed by atoms with Gasteiger partial charge in [0.15, 0.2) is 5.65 Å². The number of fused-ring (bicyclic) bond motifs is 1. The van der Waals surface area contributed by atoms with Gasteiger partial charge >= 0.3 is 0 Å². The van der Waals surface area contributed by atoms with Crippen molar-refractivity contribution < 1.29 is 4.79 Å². The molecule has 0 atom stereocenters. The molecule has 164 valence electrons. The van der Waals surface area contributed by atoms with Crippen LogP contribution >= 0.6 is 11.3 Å². The van der Waals surface area contributed by atoms with Crippen LogP contribution in [-0.4, -0.2) is 46.5 Å². The number of carbonyl (C=O) groups is 1. The number of hydrogen-bond donors (Lipinski definition) is 2. The first-order valence-electron chi connectivity index (χ1n) is 10.8. The molecule has 0 aliphatic carbocycles. The molecule has 0 unspecified atom stereocenters. The van der Waals surface area contributed by atoms with E-state index in [9.17, 15) is 4.79 Å². The number of piperazine rings is 1. The highest BCUT2D eigenvalue weighted by atomic mass is 32.1. The smallest absolute Gasteiger partial charge is 0.253 e. The van der Waals surface area contributed by atoms with E-state index in [1.807, 2.05) is 37.5 Å². The van der Waals surface area contributed by atoms with Crippen molar-refractivity contribution in [3.63, 3.8) is 0 Å². The molecule has 0 spiro atoms. The van der Waals surface area contributed by atoms with Gasteiger partial charge in [-0.1, -0.05) is 6.07 Å². The van der Waals surface area contributed by atoms with Gasteiger partial charge in [0.05, 0.1) is 28.0 Å². The molecule has 1 saturated heterocycles. The molecule has 4 aromatic rings. The fourth-order valence-electron chi connectivity index (χ4n) is 3.97. The second-order valence-electron chi connectivity index (χ2n) is 8.09. The lowest BCUT2D eigenvalue weighted by Crippen LogP contribution is -2.43. The zero-order chi connectivity index (χ0) is 22.1. The Morgan fingerprint density at radius 1 is 1.12 bits per heavy atom. The molecular weight excluding hydrogens is 420 g/mol. The molecule has 32 heavy (non-hydrogen) atoms. The van der Waals surface area contributed by atoms with Crippen molar-refractivity contribution in [1.82, 2.24) is 25.0 Å². The number of imidazole rings is 1. The minimum Gasteiger partial charge on any atom is -0.366 e. The first kappa shape index (κ1) is 20.7. The molecule has 0 bridgehead atoms. The summed E-state index contributed by atoms with van der Waals surface area (Å²) in [7, 11) is 0. The summed E-state index contributed by atoms with van der Waals surface area (Å²) in [5.41, 5.74) is 5.45. The van der Waals surface area contributed by atoms with Crippen LogP contribution in [0.5, 0.6) is 0 Å². The van der Waals surface area contributed by atoms with Crippen molar-refractivity contribution in [2.45, 2.75) is 20.4 Å². The van der Waals surface area contributed by atoms with Crippen LogP contribution in [0, 0.1) is 13.8 Å². The third-order valence-electron chi connectivity index (χ3n) is 5.72. The van der Waals surface area contributed by atoms with Crippen LogP contribution < -0.4 is 15.5 Å². The number of thiophene rings is 1. The number of rotatable bonds is 5. The van der Waals surface area contributed by atoms with Gasteiger partial charge in [-0.3, -0.25) is 14.2 Å². The molecule has 4 aromatic heterocycles. The molecule has 0 saturated carbocycles. The van der Waals surface area contributed by atoms with E-state index in [1.165, 1.54) is 4.88 Å². The summed E-state index contributed by atoms with van der Waals surface area (Å²) in [5.74, 6) is -0.106. The number of aromatic nitrogens is 3. The molecule has 0 aromatic carbocycles. The summed E-state index contributed by atoms with van der Waals surface area (Å²) in [4.78, 5) is 26.9. The highest BCUT2D eigenvalue weighted by Crippen LogP contribution is 2.32. The van der Waals surface area contributed by atoms with Crippen LogP contribution in [0.4, 0.5) is 5.69 Å². The highest BCUT2D eigenvalue weighted by Gasteiger charge is 2.20. The zero-order valence-corrected chi connectivity index (χ0v) is 19.1. The minimum absolute atomic E-state index is 0.106. The van der Waals surface area contributed by atoms with Gasteiger partial charge in [0, 0.05) is 55.7 Å². The quantitative estimate of drug-likeness (QED) is 0.491. The van der Waals surface area contributed by atoms with E-state index < -0.39 is 0 Å². The molecular formula is C24H26N6OS. The second kappa shape index (κ2) is 8.72. The third kappa shape index (κ3) is 4.11. The third-order valence-corrected chi connectivity index (χ3v) is 6.75. The largest absolute Gasteiger partial charge is 0.366 e. The van der Waals surface area contributed by atoms with Crippen molar-refractivity contribution in [3.8, 4) is 10.6 Å². The van der Waals surface area contributed by atoms with E-state index in [1.54, 1.807) is 17.5 Å². The molecule has 7 nitrogen and oxygen atoms in total. The molecule has 5 heterocycles. The molecule has 1 fully saturated rings. The number of carbonyl (C=O) groups excluding carboxylic acids is 1. The Kier molecular flexibility index (Phi) is 5.63. The van der Waals surface area contributed by atoms with Crippen molar-refractivity contribution in [2.24, 2.45) is 0 Å². The SMILES string of the molecule is Cc1ccc(CNC(=O)c2cc(N3CCNCC3)c3ncc(-c4ccc(C)s4)n3c2)cn1. The predicted molar refractivity (Wildman–Crippen MR) is 128 cm³/mol. The van der Waals surface area contributed by atoms with E-state index in [0.29, 0.717) is 12.1 Å². The van der Waals surface area contributed by atoms with E-state index in [2.05, 4.69) is 44.0 Å². The summed E-state index contributed by atoms with van der Waals surface area (Å²) in [6, 6.07) is 10.1. The zero-order valence-electron chi connectivity index (χ0n) is 18.3. The van der Waals surface area contributed by atoms with Crippen LogP contribution in [0.2, 0.25) is 0 Å². The molecule has 1 aliphatic rings. The van der Waals surface area contributed by atoms with E-state index in [-0.39, 0.29) is 5.91 Å². The number of nitrogens with zero attached hydrogens (tertiary/aromatic N) is 4. The number of aryl methyl sites for hydroxylation is 2. The second-order valence-corrected chi connectivity index (χ2v) is 9.38. The number of hydrogen-bond acceptors (Lipinski definition) is 6. The average Bonchev–Trinajstić information content (AvgIpc) is 3.44. The maximum Gasteiger partial charge on any atom is 0.253 e. The van der Waals surface area contributed by atoms with Gasteiger partial charge in [-0.25, -0.2) is 4.98 Å². The van der Waals surface area contributed by atoms with Crippen LogP contribution in [0.3, 0.4) is 0 Å². The lowest BCUT2D eigenvalue weighted by Gasteiger charge is -2.30. The van der Waals surface area contributed by atoms with Crippen LogP contribution in [0.25, 0.3) is 16.2 Å². The van der Waals surface area contributed by atoms with Crippen molar-refractivity contribution >= 4 is 28.6 Å². The number of anilines is 1. The van der Waals surface area contributed by atoms with Crippen molar-refractivity contribution in [1.29, 1.82) is 0 Å². The Morgan fingerprint density at radius 3 is 2.69 bits per heavy atom. The average molecular weight is 447 g/mol. The Bertz CT molecular complexity index is 1250. The summed E-state index contributed by atoms with van der Waals surface area (Å²) in [5, 5.41) is 6.44. The minimum atomic E-state index is -0.106. The Balaban J connectivity index is 1.52. The molecule has 8 heteroatoms. The first-order chi connectivity index (χ1) is 15.6. The number of nitrogens with one attached hydrogen (secondary N) is 2. The standard InChI is InChI=1S/C24H26N6OS/c1-16-3-5-18(12-26-16)13-28-24(31)19-11-20(29-9-7-25-8-10-29)23-27-14-21(30(23)15-19)22-6-4-17(2)32-22/h3-6,11-12,14-15,25H,7-10,13H2,1-2H3,(H,28,31). The number of pyridine rings is 2. The van der Waals surface area contributed by atoms with E-state index in [0.717, 1.165) is 59.3 Å². The normalized spacial score (nSPS) is 14.1. The molecule has 5 rings (SSSR count). The maximum absolute atomic E-state index is 13.1. The molecule has 0 radical (unpaired) electrons. The maximum atomic E-state index is 13.1. The lowest BCUT2D eigenvalue weighted by atomic mass is 10.2. The lowest BCUT2D eigenvalue weighted by molar-refractivity contribution is 0.0950. The van der Waals surface area contributed by atoms with Gasteiger partial charge in [0.25, 0.3) is 5.91 Å². The molecule has 1 aliphatic heterocycles. The van der Waals surface area contributed by atoms with Gasteiger partial charge < -0.3 is 15.5 Å². The number of amides is 1. The van der Waals surface area contributed by atoms with Gasteiger partial charge in [-0.15, -0.1) is 11.3 Å². The molecule has 2 N–H and O–H groups in total. The fraction of sp³-hybridized carbons (Fsp3) is 0.292. The van der Waals surface area contributed by atoms with Crippen LogP contribution in [-0.2, 0) is 6.54 Å². The summed E-state index contributed by atoms with van der Waals surface area (Å²) in [6.07, 6.45) is 5.62. The highest BCUT2D eigenvalue weighted by molar-refractivity contribution is 7.15. The Labute approximate surface area is 191 Å². The first-order valence-corrected chi connectivity index (χ1v) is 11.6. The van der Waals surface area contributed by atoms with Gasteiger partial charge in [0.1, 0.15) is 0 Å². The summed E-state index contributed by atoms with van der Waals surface area (Å²) >= 11 is 1.73. The summed E-state index contributed by atoms with van der Waals surface area (Å²) in [6.45, 7) is 8.09. The van der Waals surface area contributed by atoms with Crippen LogP contribution in [0.15, 0.2) is 48.9 Å². The Hall–Kier alpha value is -3.23. The van der Waals surface area contributed by atoms with Crippen LogP contribution in [0.1, 0.15) is 26.5 Å². The molecule has 1 amide bonds. The van der Waals surface area contributed by atoms with E-state index >= 15 is 0 Å². The van der Waals surface area contributed by atoms with Crippen molar-refractivity contribution in [2.75, 3.05) is 31.1 Å². The van der Waals surface area contributed by atoms with Gasteiger partial charge in [-0.2, -0.15) is 0 Å². The predicted octanol–water partition coefficient (Wildman–Crippen LogP) is 3.41. The summed E-state index contributed by atoms with van der Waals surface area (Å²) < 4.78 is 2.06. The fourth-order valence-corrected chi connectivity index (χ4v) is 4.85. The van der Waals surface area contributed by atoms with Crippen molar-refractivity contribution in [3.05, 3.63) is 70.6 Å². The Morgan fingerprint density at radius 2 is 1.97 bits per heavy atom. The van der Waals surface area contributed by atoms with E-state index in [4.69, 9.17) is 4.98 Å². The topological polar surface area (TPSA) is 74.6 Å². The van der Waals surface area contributed by atoms with Gasteiger partial charge in [0.2, 0.25) is 0 Å². The monoisotopic (exact) mass is 446 g/mol. The van der Waals surface area contributed by atoms with Gasteiger partial charge in [-0.05, 0) is 43.7 Å².